The fourth-order valence-corrected chi connectivity index (χ4v) is 2.88. The Bertz CT molecular complexity index is 412. The van der Waals surface area contributed by atoms with Gasteiger partial charge in [-0.25, -0.2) is 9.59 Å². The summed E-state index contributed by atoms with van der Waals surface area (Å²) in [6.45, 7) is 1.86. The lowest BCUT2D eigenvalue weighted by atomic mass is 10.1. The third-order valence-corrected chi connectivity index (χ3v) is 4.66. The first kappa shape index (κ1) is 26.4. The topological polar surface area (TPSA) is 95.9 Å². The summed E-state index contributed by atoms with van der Waals surface area (Å²) in [6.07, 6.45) is 20.8. The number of carbonyl (C=O) groups is 2. The van der Waals surface area contributed by atoms with E-state index < -0.39 is 24.7 Å². The summed E-state index contributed by atoms with van der Waals surface area (Å²) in [7, 11) is 0. The number of hydrogen-bond donors (Lipinski definition) is 3. The van der Waals surface area contributed by atoms with Crippen LogP contribution in [-0.2, 0) is 9.53 Å². The van der Waals surface area contributed by atoms with Crippen molar-refractivity contribution in [2.45, 2.75) is 103 Å². The number of amides is 1. The number of hydrogen-bond acceptors (Lipinski definition) is 4. The Balaban J connectivity index is 3.32. The van der Waals surface area contributed by atoms with Crippen molar-refractivity contribution in [3.05, 3.63) is 12.2 Å². The van der Waals surface area contributed by atoms with Gasteiger partial charge in [0.05, 0.1) is 13.2 Å². The summed E-state index contributed by atoms with van der Waals surface area (Å²) in [6, 6.07) is -1.31. The van der Waals surface area contributed by atoms with E-state index in [0.29, 0.717) is 0 Å². The molecule has 0 spiro atoms. The molecule has 0 aromatic carbocycles. The molecule has 6 heteroatoms. The van der Waals surface area contributed by atoms with Crippen molar-refractivity contribution < 1.29 is 24.5 Å². The van der Waals surface area contributed by atoms with Crippen LogP contribution < -0.4 is 5.32 Å². The fraction of sp³-hybridized carbons (Fsp3) is 0.818. The standard InChI is InChI=1S/C22H41NO5/c1-2-3-4-5-6-7-8-9-10-11-12-13-14-15-16-17-18-28-22(27)23-20(19-24)21(25)26/h9-10,20,24H,2-8,11-19H2,1H3,(H,23,27)(H,25,26)/b10-9-. The number of carboxylic acid groups (broad SMARTS) is 1. The molecule has 0 saturated heterocycles. The highest BCUT2D eigenvalue weighted by molar-refractivity contribution is 5.79. The molecule has 0 bridgehead atoms. The molecule has 1 unspecified atom stereocenters. The van der Waals surface area contributed by atoms with Crippen molar-refractivity contribution in [2.75, 3.05) is 13.2 Å². The highest BCUT2D eigenvalue weighted by Gasteiger charge is 2.19. The number of ether oxygens (including phenoxy) is 1. The molecule has 0 rings (SSSR count). The van der Waals surface area contributed by atoms with Crippen LogP contribution in [0.25, 0.3) is 0 Å². The van der Waals surface area contributed by atoms with Gasteiger partial charge in [0.1, 0.15) is 0 Å². The Morgan fingerprint density at radius 1 is 0.857 bits per heavy atom. The van der Waals surface area contributed by atoms with Gasteiger partial charge in [-0.1, -0.05) is 76.9 Å². The molecule has 0 aliphatic rings. The number of carbonyl (C=O) groups excluding carboxylic acids is 1. The largest absolute Gasteiger partial charge is 0.480 e. The lowest BCUT2D eigenvalue weighted by Gasteiger charge is -2.11. The van der Waals surface area contributed by atoms with Gasteiger partial charge in [-0.05, 0) is 32.1 Å². The number of aliphatic hydroxyl groups excluding tert-OH is 1. The molecule has 0 fully saturated rings. The Hall–Kier alpha value is -1.56. The summed E-state index contributed by atoms with van der Waals surface area (Å²) in [5, 5.41) is 19.6. The van der Waals surface area contributed by atoms with Gasteiger partial charge in [-0.15, -0.1) is 0 Å². The molecule has 164 valence electrons. The van der Waals surface area contributed by atoms with Gasteiger partial charge in [0.2, 0.25) is 0 Å². The van der Waals surface area contributed by atoms with Crippen molar-refractivity contribution in [3.63, 3.8) is 0 Å². The van der Waals surface area contributed by atoms with E-state index in [0.717, 1.165) is 25.7 Å². The van der Waals surface area contributed by atoms with Crippen molar-refractivity contribution in [1.82, 2.24) is 5.32 Å². The number of aliphatic carboxylic acids is 1. The number of carboxylic acids is 1. The van der Waals surface area contributed by atoms with Gasteiger partial charge in [0.25, 0.3) is 0 Å². The zero-order valence-electron chi connectivity index (χ0n) is 17.7. The van der Waals surface area contributed by atoms with Crippen LogP contribution in [0.1, 0.15) is 96.8 Å². The lowest BCUT2D eigenvalue weighted by molar-refractivity contribution is -0.140. The Labute approximate surface area is 170 Å². The average Bonchev–Trinajstić information content (AvgIpc) is 2.68. The predicted octanol–water partition coefficient (Wildman–Crippen LogP) is 5.20. The molecule has 1 atom stereocenters. The first-order valence-electron chi connectivity index (χ1n) is 11.0. The van der Waals surface area contributed by atoms with Crippen LogP contribution in [0.5, 0.6) is 0 Å². The fourth-order valence-electron chi connectivity index (χ4n) is 2.88. The minimum atomic E-state index is -1.31. The van der Waals surface area contributed by atoms with Crippen LogP contribution in [-0.4, -0.2) is 41.5 Å². The molecular weight excluding hydrogens is 358 g/mol. The van der Waals surface area contributed by atoms with Gasteiger partial charge in [0.15, 0.2) is 6.04 Å². The molecule has 6 nitrogen and oxygen atoms in total. The maximum Gasteiger partial charge on any atom is 0.407 e. The summed E-state index contributed by atoms with van der Waals surface area (Å²) < 4.78 is 4.91. The summed E-state index contributed by atoms with van der Waals surface area (Å²) in [5.74, 6) is -1.28. The minimum absolute atomic E-state index is 0.269. The minimum Gasteiger partial charge on any atom is -0.480 e. The molecule has 0 aliphatic heterocycles. The van der Waals surface area contributed by atoms with Crippen LogP contribution in [0.2, 0.25) is 0 Å². The van der Waals surface area contributed by atoms with Crippen LogP contribution >= 0.6 is 0 Å². The quantitative estimate of drug-likeness (QED) is 0.205. The number of unbranched alkanes of at least 4 members (excludes halogenated alkanes) is 12. The molecule has 0 heterocycles. The Morgan fingerprint density at radius 2 is 1.36 bits per heavy atom. The van der Waals surface area contributed by atoms with Crippen molar-refractivity contribution in [3.8, 4) is 0 Å². The third kappa shape index (κ3) is 17.8. The smallest absolute Gasteiger partial charge is 0.407 e. The first-order chi connectivity index (χ1) is 13.6. The molecule has 0 radical (unpaired) electrons. The van der Waals surface area contributed by atoms with Crippen molar-refractivity contribution in [1.29, 1.82) is 0 Å². The Kier molecular flexibility index (Phi) is 19.1. The van der Waals surface area contributed by atoms with E-state index in [1.807, 2.05) is 0 Å². The van der Waals surface area contributed by atoms with E-state index in [4.69, 9.17) is 14.9 Å². The zero-order valence-corrected chi connectivity index (χ0v) is 17.7. The number of aliphatic hydroxyl groups is 1. The second kappa shape index (κ2) is 20.2. The average molecular weight is 400 g/mol. The summed E-state index contributed by atoms with van der Waals surface area (Å²) in [5.41, 5.74) is 0. The highest BCUT2D eigenvalue weighted by atomic mass is 16.5. The molecule has 0 aliphatic carbocycles. The molecule has 0 saturated carbocycles. The van der Waals surface area contributed by atoms with E-state index in [-0.39, 0.29) is 6.61 Å². The molecular formula is C22H41NO5. The molecule has 0 aromatic heterocycles. The number of rotatable bonds is 19. The SMILES string of the molecule is CCCCCCCC/C=C\CCCCCCCCOC(=O)NC(CO)C(=O)O. The van der Waals surface area contributed by atoms with Gasteiger partial charge in [-0.3, -0.25) is 0 Å². The molecule has 0 aromatic rings. The van der Waals surface area contributed by atoms with E-state index in [9.17, 15) is 9.59 Å². The normalized spacial score (nSPS) is 12.2. The number of nitrogens with one attached hydrogen (secondary N) is 1. The van der Waals surface area contributed by atoms with E-state index in [1.165, 1.54) is 64.2 Å². The van der Waals surface area contributed by atoms with Crippen LogP contribution in [0.3, 0.4) is 0 Å². The number of allylic oxidation sites excluding steroid dienone is 2. The van der Waals surface area contributed by atoms with Crippen molar-refractivity contribution in [2.24, 2.45) is 0 Å². The second-order valence-corrected chi connectivity index (χ2v) is 7.29. The maximum absolute atomic E-state index is 11.4. The third-order valence-electron chi connectivity index (χ3n) is 4.66. The molecule has 1 amide bonds. The van der Waals surface area contributed by atoms with E-state index in [2.05, 4.69) is 24.4 Å². The lowest BCUT2D eigenvalue weighted by Crippen LogP contribution is -2.43. The van der Waals surface area contributed by atoms with Crippen molar-refractivity contribution >= 4 is 12.1 Å². The van der Waals surface area contributed by atoms with Gasteiger partial charge < -0.3 is 20.3 Å². The van der Waals surface area contributed by atoms with Gasteiger partial charge in [-0.2, -0.15) is 0 Å². The Morgan fingerprint density at radius 3 is 1.86 bits per heavy atom. The van der Waals surface area contributed by atoms with Crippen LogP contribution in [0.15, 0.2) is 12.2 Å². The number of alkyl carbamates (subject to hydrolysis) is 1. The molecule has 28 heavy (non-hydrogen) atoms. The van der Waals surface area contributed by atoms with E-state index in [1.54, 1.807) is 0 Å². The first-order valence-corrected chi connectivity index (χ1v) is 11.0. The monoisotopic (exact) mass is 399 g/mol. The zero-order chi connectivity index (χ0) is 20.9. The predicted molar refractivity (Wildman–Crippen MR) is 112 cm³/mol. The van der Waals surface area contributed by atoms with Gasteiger partial charge >= 0.3 is 12.1 Å². The summed E-state index contributed by atoms with van der Waals surface area (Å²) >= 11 is 0. The maximum atomic E-state index is 11.4. The van der Waals surface area contributed by atoms with E-state index >= 15 is 0 Å². The van der Waals surface area contributed by atoms with Crippen LogP contribution in [0.4, 0.5) is 4.79 Å². The van der Waals surface area contributed by atoms with Crippen LogP contribution in [0, 0.1) is 0 Å². The van der Waals surface area contributed by atoms with Gasteiger partial charge in [0, 0.05) is 0 Å². The highest BCUT2D eigenvalue weighted by Crippen LogP contribution is 2.10. The second-order valence-electron chi connectivity index (χ2n) is 7.29. The summed E-state index contributed by atoms with van der Waals surface area (Å²) in [4.78, 5) is 22.0. The molecule has 3 N–H and O–H groups in total.